The molecule has 0 spiro atoms. The van der Waals surface area contributed by atoms with E-state index in [1.54, 1.807) is 0 Å². The molecular formula is C21H31N5. The van der Waals surface area contributed by atoms with E-state index in [9.17, 15) is 0 Å². The molecule has 1 aliphatic heterocycles. The Morgan fingerprint density at radius 1 is 1.08 bits per heavy atom. The number of rotatable bonds is 6. The molecule has 1 aliphatic rings. The predicted molar refractivity (Wildman–Crippen MR) is 108 cm³/mol. The van der Waals surface area contributed by atoms with Crippen LogP contribution in [0.25, 0.3) is 0 Å². The molecule has 0 saturated heterocycles. The van der Waals surface area contributed by atoms with Crippen molar-refractivity contribution in [2.75, 3.05) is 26.7 Å². The van der Waals surface area contributed by atoms with Crippen LogP contribution < -0.4 is 10.6 Å². The maximum Gasteiger partial charge on any atom is 0.191 e. The van der Waals surface area contributed by atoms with E-state index < -0.39 is 0 Å². The maximum absolute atomic E-state index is 4.36. The van der Waals surface area contributed by atoms with Gasteiger partial charge in [-0.15, -0.1) is 0 Å². The van der Waals surface area contributed by atoms with E-state index in [4.69, 9.17) is 0 Å². The van der Waals surface area contributed by atoms with Crippen molar-refractivity contribution in [2.45, 2.75) is 38.9 Å². The first-order chi connectivity index (χ1) is 12.6. The summed E-state index contributed by atoms with van der Waals surface area (Å²) in [5, 5.41) is 6.90. The molecule has 1 aromatic carbocycles. The number of nitrogens with zero attached hydrogens (tertiary/aromatic N) is 3. The Bertz CT molecular complexity index is 718. The number of aliphatic imine (C=N–C) groups is 1. The number of hydrogen-bond donors (Lipinski definition) is 2. The van der Waals surface area contributed by atoms with E-state index in [0.717, 1.165) is 45.1 Å². The van der Waals surface area contributed by atoms with E-state index in [1.807, 2.05) is 19.2 Å². The monoisotopic (exact) mass is 353 g/mol. The molecule has 26 heavy (non-hydrogen) atoms. The van der Waals surface area contributed by atoms with Gasteiger partial charge in [0, 0.05) is 57.7 Å². The Labute approximate surface area is 157 Å². The summed E-state index contributed by atoms with van der Waals surface area (Å²) in [7, 11) is 1.83. The van der Waals surface area contributed by atoms with Crippen molar-refractivity contribution in [3.8, 4) is 0 Å². The average molecular weight is 354 g/mol. The molecule has 2 N–H and O–H groups in total. The minimum Gasteiger partial charge on any atom is -0.355 e. The first-order valence-corrected chi connectivity index (χ1v) is 9.45. The van der Waals surface area contributed by atoms with E-state index in [0.29, 0.717) is 0 Å². The van der Waals surface area contributed by atoms with Crippen molar-refractivity contribution in [2.24, 2.45) is 4.99 Å². The highest BCUT2D eigenvalue weighted by Crippen LogP contribution is 2.24. The maximum atomic E-state index is 4.36. The largest absolute Gasteiger partial charge is 0.355 e. The summed E-state index contributed by atoms with van der Waals surface area (Å²) in [6.45, 7) is 9.38. The molecule has 5 heteroatoms. The van der Waals surface area contributed by atoms with Crippen molar-refractivity contribution < 1.29 is 0 Å². The highest BCUT2D eigenvalue weighted by Gasteiger charge is 2.29. The molecule has 2 aromatic rings. The van der Waals surface area contributed by atoms with Gasteiger partial charge < -0.3 is 15.2 Å². The summed E-state index contributed by atoms with van der Waals surface area (Å²) in [6.07, 6.45) is 5.29. The number of benzene rings is 1. The summed E-state index contributed by atoms with van der Waals surface area (Å²) in [4.78, 5) is 6.92. The van der Waals surface area contributed by atoms with Crippen molar-refractivity contribution in [3.63, 3.8) is 0 Å². The lowest BCUT2D eigenvalue weighted by molar-refractivity contribution is 0.107. The van der Waals surface area contributed by atoms with Crippen LogP contribution in [0.5, 0.6) is 0 Å². The zero-order valence-electron chi connectivity index (χ0n) is 16.2. The number of nitrogens with one attached hydrogen (secondary N) is 2. The summed E-state index contributed by atoms with van der Waals surface area (Å²) in [6, 6.07) is 12.9. The average Bonchev–Trinajstić information content (AvgIpc) is 3.17. The molecule has 140 valence electrons. The third-order valence-electron chi connectivity index (χ3n) is 5.23. The first-order valence-electron chi connectivity index (χ1n) is 9.45. The van der Waals surface area contributed by atoms with Gasteiger partial charge in [0.25, 0.3) is 0 Å². The topological polar surface area (TPSA) is 44.6 Å². The van der Waals surface area contributed by atoms with Crippen molar-refractivity contribution in [3.05, 3.63) is 59.9 Å². The van der Waals surface area contributed by atoms with Crippen LogP contribution in [-0.4, -0.2) is 47.6 Å². The Hall–Kier alpha value is -2.27. The smallest absolute Gasteiger partial charge is 0.191 e. The Kier molecular flexibility index (Phi) is 5.99. The van der Waals surface area contributed by atoms with Crippen LogP contribution in [0, 0.1) is 0 Å². The summed E-state index contributed by atoms with van der Waals surface area (Å²) in [5.41, 5.74) is 3.02. The second-order valence-electron chi connectivity index (χ2n) is 7.53. The van der Waals surface area contributed by atoms with Crippen LogP contribution in [-0.2, 0) is 19.5 Å². The minimum atomic E-state index is 0.0611. The van der Waals surface area contributed by atoms with Crippen LogP contribution in [0.2, 0.25) is 0 Å². The standard InChI is InChI=1S/C21H31N5/c1-21(2,26-14-10-18-8-4-5-9-19(18)16-26)17-24-20(22-3)23-11-15-25-12-6-7-13-25/h4-9,12-13H,10-11,14-17H2,1-3H3,(H2,22,23,24). The minimum absolute atomic E-state index is 0.0611. The highest BCUT2D eigenvalue weighted by atomic mass is 15.2. The summed E-state index contributed by atoms with van der Waals surface area (Å²) >= 11 is 0. The lowest BCUT2D eigenvalue weighted by atomic mass is 9.94. The molecule has 2 heterocycles. The fraction of sp³-hybridized carbons (Fsp3) is 0.476. The number of aromatic nitrogens is 1. The molecule has 0 bridgehead atoms. The van der Waals surface area contributed by atoms with Gasteiger partial charge in [0.15, 0.2) is 5.96 Å². The van der Waals surface area contributed by atoms with Crippen LogP contribution in [0.3, 0.4) is 0 Å². The van der Waals surface area contributed by atoms with E-state index in [2.05, 4.69) is 75.6 Å². The predicted octanol–water partition coefficient (Wildman–Crippen LogP) is 2.49. The molecular weight excluding hydrogens is 322 g/mol. The Morgan fingerprint density at radius 2 is 1.81 bits per heavy atom. The van der Waals surface area contributed by atoms with Crippen molar-refractivity contribution in [1.29, 1.82) is 0 Å². The second-order valence-corrected chi connectivity index (χ2v) is 7.53. The van der Waals surface area contributed by atoms with E-state index in [-0.39, 0.29) is 5.54 Å². The summed E-state index contributed by atoms with van der Waals surface area (Å²) in [5.74, 6) is 0.864. The van der Waals surface area contributed by atoms with Crippen LogP contribution in [0.4, 0.5) is 0 Å². The Balaban J connectivity index is 1.49. The van der Waals surface area contributed by atoms with E-state index >= 15 is 0 Å². The number of hydrogen-bond acceptors (Lipinski definition) is 2. The zero-order chi connectivity index (χ0) is 18.4. The fourth-order valence-electron chi connectivity index (χ4n) is 3.47. The zero-order valence-corrected chi connectivity index (χ0v) is 16.2. The lowest BCUT2D eigenvalue weighted by Crippen LogP contribution is -2.54. The van der Waals surface area contributed by atoms with Crippen molar-refractivity contribution >= 4 is 5.96 Å². The molecule has 0 atom stereocenters. The number of guanidine groups is 1. The van der Waals surface area contributed by atoms with Gasteiger partial charge in [-0.25, -0.2) is 0 Å². The molecule has 0 saturated carbocycles. The van der Waals surface area contributed by atoms with E-state index in [1.165, 1.54) is 11.1 Å². The van der Waals surface area contributed by atoms with Gasteiger partial charge in [-0.1, -0.05) is 24.3 Å². The normalized spacial score (nSPS) is 15.6. The van der Waals surface area contributed by atoms with Gasteiger partial charge in [-0.05, 0) is 43.5 Å². The Morgan fingerprint density at radius 3 is 2.54 bits per heavy atom. The summed E-state index contributed by atoms with van der Waals surface area (Å²) < 4.78 is 2.16. The van der Waals surface area contributed by atoms with Crippen LogP contribution in [0.15, 0.2) is 53.8 Å². The van der Waals surface area contributed by atoms with Gasteiger partial charge >= 0.3 is 0 Å². The van der Waals surface area contributed by atoms with Gasteiger partial charge in [0.05, 0.1) is 0 Å². The molecule has 0 amide bonds. The lowest BCUT2D eigenvalue weighted by Gasteiger charge is -2.42. The molecule has 0 unspecified atom stereocenters. The number of fused-ring (bicyclic) bond motifs is 1. The fourth-order valence-corrected chi connectivity index (χ4v) is 3.47. The van der Waals surface area contributed by atoms with Gasteiger partial charge in [-0.2, -0.15) is 0 Å². The van der Waals surface area contributed by atoms with Crippen molar-refractivity contribution in [1.82, 2.24) is 20.1 Å². The molecule has 5 nitrogen and oxygen atoms in total. The molecule has 1 aromatic heterocycles. The first kappa shape index (κ1) is 18.5. The highest BCUT2D eigenvalue weighted by molar-refractivity contribution is 5.79. The van der Waals surface area contributed by atoms with Crippen LogP contribution in [0.1, 0.15) is 25.0 Å². The van der Waals surface area contributed by atoms with Crippen LogP contribution >= 0.6 is 0 Å². The SMILES string of the molecule is CN=C(NCCn1cccc1)NCC(C)(C)N1CCc2ccccc2C1. The molecule has 0 fully saturated rings. The third kappa shape index (κ3) is 4.67. The molecule has 3 rings (SSSR count). The molecule has 0 radical (unpaired) electrons. The van der Waals surface area contributed by atoms with Gasteiger partial charge in [0.1, 0.15) is 0 Å². The third-order valence-corrected chi connectivity index (χ3v) is 5.23. The molecule has 0 aliphatic carbocycles. The van der Waals surface area contributed by atoms with Gasteiger partial charge in [-0.3, -0.25) is 9.89 Å². The second kappa shape index (κ2) is 8.41. The van der Waals surface area contributed by atoms with Gasteiger partial charge in [0.2, 0.25) is 0 Å². The quantitative estimate of drug-likeness (QED) is 0.619.